The van der Waals surface area contributed by atoms with Crippen LogP contribution in [0, 0.1) is 6.92 Å². The molecule has 108 valence electrons. The van der Waals surface area contributed by atoms with E-state index in [1.165, 1.54) is 0 Å². The number of aromatic nitrogens is 5. The molecule has 1 aliphatic rings. The van der Waals surface area contributed by atoms with Gasteiger partial charge >= 0.3 is 6.18 Å². The fraction of sp³-hybridized carbons (Fsp3) is 0.583. The van der Waals surface area contributed by atoms with E-state index >= 15 is 0 Å². The molecule has 1 saturated carbocycles. The van der Waals surface area contributed by atoms with Crippen molar-refractivity contribution in [2.24, 2.45) is 7.05 Å². The van der Waals surface area contributed by atoms with Crippen LogP contribution >= 0.6 is 0 Å². The van der Waals surface area contributed by atoms with Crippen molar-refractivity contribution >= 4 is 0 Å². The Morgan fingerprint density at radius 2 is 2.00 bits per heavy atom. The average Bonchev–Trinajstić information content (AvgIpc) is 2.98. The van der Waals surface area contributed by atoms with Gasteiger partial charge in [0.15, 0.2) is 5.82 Å². The largest absolute Gasteiger partial charge is 0.408 e. The Kier molecular flexibility index (Phi) is 2.84. The van der Waals surface area contributed by atoms with Crippen molar-refractivity contribution in [1.82, 2.24) is 24.5 Å². The molecule has 3 rings (SSSR count). The zero-order chi connectivity index (χ0) is 14.5. The molecule has 2 aromatic rings. The molecule has 1 fully saturated rings. The van der Waals surface area contributed by atoms with Gasteiger partial charge in [0.1, 0.15) is 18.1 Å². The first kappa shape index (κ1) is 13.1. The minimum Gasteiger partial charge on any atom is -0.272 e. The quantitative estimate of drug-likeness (QED) is 0.870. The highest BCUT2D eigenvalue weighted by Crippen LogP contribution is 2.40. The van der Waals surface area contributed by atoms with Crippen molar-refractivity contribution in [3.05, 3.63) is 17.6 Å². The predicted octanol–water partition coefficient (Wildman–Crippen LogP) is 2.43. The number of alkyl halides is 3. The highest BCUT2D eigenvalue weighted by Gasteiger charge is 2.32. The van der Waals surface area contributed by atoms with Gasteiger partial charge in [-0.15, -0.1) is 0 Å². The Balaban J connectivity index is 1.98. The lowest BCUT2D eigenvalue weighted by Gasteiger charge is -2.07. The van der Waals surface area contributed by atoms with E-state index in [1.807, 2.05) is 6.07 Å². The maximum atomic E-state index is 12.6. The Labute approximate surface area is 113 Å². The summed E-state index contributed by atoms with van der Waals surface area (Å²) in [5.74, 6) is 0.950. The van der Waals surface area contributed by atoms with Gasteiger partial charge in [-0.05, 0) is 25.8 Å². The van der Waals surface area contributed by atoms with Gasteiger partial charge in [0, 0.05) is 18.7 Å². The molecule has 0 unspecified atom stereocenters. The summed E-state index contributed by atoms with van der Waals surface area (Å²) in [4.78, 5) is 4.08. The average molecular weight is 285 g/mol. The van der Waals surface area contributed by atoms with Crippen molar-refractivity contribution in [2.45, 2.75) is 38.4 Å². The summed E-state index contributed by atoms with van der Waals surface area (Å²) in [7, 11) is 1.80. The Morgan fingerprint density at radius 3 is 2.60 bits per heavy atom. The Morgan fingerprint density at radius 1 is 1.30 bits per heavy atom. The van der Waals surface area contributed by atoms with Crippen LogP contribution in [0.5, 0.6) is 0 Å². The van der Waals surface area contributed by atoms with Gasteiger partial charge < -0.3 is 0 Å². The van der Waals surface area contributed by atoms with Crippen LogP contribution in [0.4, 0.5) is 13.2 Å². The smallest absolute Gasteiger partial charge is 0.272 e. The van der Waals surface area contributed by atoms with E-state index in [1.54, 1.807) is 18.7 Å². The Hall–Kier alpha value is -1.86. The van der Waals surface area contributed by atoms with Gasteiger partial charge in [-0.3, -0.25) is 4.68 Å². The van der Waals surface area contributed by atoms with Gasteiger partial charge in [-0.25, -0.2) is 9.67 Å². The van der Waals surface area contributed by atoms with Crippen LogP contribution in [0.2, 0.25) is 0 Å². The third kappa shape index (κ3) is 2.54. The van der Waals surface area contributed by atoms with Crippen LogP contribution in [0.1, 0.15) is 30.3 Å². The van der Waals surface area contributed by atoms with E-state index in [9.17, 15) is 13.2 Å². The molecule has 0 aromatic carbocycles. The zero-order valence-electron chi connectivity index (χ0n) is 11.1. The lowest BCUT2D eigenvalue weighted by atomic mass is 10.2. The van der Waals surface area contributed by atoms with E-state index in [4.69, 9.17) is 0 Å². The van der Waals surface area contributed by atoms with Crippen LogP contribution in [-0.2, 0) is 13.6 Å². The second-order valence-electron chi connectivity index (χ2n) is 5.11. The van der Waals surface area contributed by atoms with E-state index in [0.717, 1.165) is 23.2 Å². The van der Waals surface area contributed by atoms with Crippen LogP contribution in [0.3, 0.4) is 0 Å². The molecule has 0 spiro atoms. The highest BCUT2D eigenvalue weighted by molar-refractivity contribution is 5.50. The molecule has 8 heteroatoms. The number of halogens is 3. The molecular weight excluding hydrogens is 271 g/mol. The lowest BCUT2D eigenvalue weighted by Crippen LogP contribution is -2.19. The molecular formula is C12H14F3N5. The second kappa shape index (κ2) is 4.32. The van der Waals surface area contributed by atoms with E-state index in [0.29, 0.717) is 17.4 Å². The molecule has 1 aliphatic carbocycles. The topological polar surface area (TPSA) is 48.5 Å². The highest BCUT2D eigenvalue weighted by atomic mass is 19.4. The standard InChI is InChI=1S/C12H14F3N5/c1-7-16-11(20(17-7)6-12(13,14)15)9-5-10(8-3-4-8)19(2)18-9/h5,8H,3-4,6H2,1-2H3. The van der Waals surface area contributed by atoms with Crippen molar-refractivity contribution in [2.75, 3.05) is 0 Å². The molecule has 0 amide bonds. The van der Waals surface area contributed by atoms with Gasteiger partial charge in [0.25, 0.3) is 0 Å². The second-order valence-corrected chi connectivity index (χ2v) is 5.11. The molecule has 0 radical (unpaired) electrons. The van der Waals surface area contributed by atoms with Crippen LogP contribution in [-0.4, -0.2) is 30.7 Å². The first-order chi connectivity index (χ1) is 9.33. The molecule has 0 N–H and O–H groups in total. The number of rotatable bonds is 3. The molecule has 0 saturated heterocycles. The number of hydrogen-bond acceptors (Lipinski definition) is 3. The van der Waals surface area contributed by atoms with Gasteiger partial charge in [-0.2, -0.15) is 23.4 Å². The molecule has 2 heterocycles. The Bertz CT molecular complexity index is 636. The van der Waals surface area contributed by atoms with Crippen molar-refractivity contribution in [3.8, 4) is 11.5 Å². The summed E-state index contributed by atoms with van der Waals surface area (Å²) in [6.07, 6.45) is -2.12. The number of nitrogens with zero attached hydrogens (tertiary/aromatic N) is 5. The van der Waals surface area contributed by atoms with Crippen molar-refractivity contribution in [1.29, 1.82) is 0 Å². The first-order valence-corrected chi connectivity index (χ1v) is 6.36. The van der Waals surface area contributed by atoms with Crippen LogP contribution in [0.25, 0.3) is 11.5 Å². The zero-order valence-corrected chi connectivity index (χ0v) is 11.1. The molecule has 0 aliphatic heterocycles. The van der Waals surface area contributed by atoms with Gasteiger partial charge in [0.05, 0.1) is 0 Å². The SMILES string of the molecule is Cc1nc(-c2cc(C3CC3)n(C)n2)n(CC(F)(F)F)n1. The summed E-state index contributed by atoms with van der Waals surface area (Å²) in [6.45, 7) is 0.416. The number of hydrogen-bond donors (Lipinski definition) is 0. The normalized spacial score (nSPS) is 15.8. The predicted molar refractivity (Wildman–Crippen MR) is 65.0 cm³/mol. The monoisotopic (exact) mass is 285 g/mol. The number of aryl methyl sites for hydroxylation is 2. The fourth-order valence-corrected chi connectivity index (χ4v) is 2.28. The van der Waals surface area contributed by atoms with E-state index in [2.05, 4.69) is 15.2 Å². The van der Waals surface area contributed by atoms with Gasteiger partial charge in [-0.1, -0.05) is 0 Å². The molecule has 20 heavy (non-hydrogen) atoms. The minimum absolute atomic E-state index is 0.169. The van der Waals surface area contributed by atoms with Crippen molar-refractivity contribution in [3.63, 3.8) is 0 Å². The minimum atomic E-state index is -4.33. The summed E-state index contributed by atoms with van der Waals surface area (Å²) < 4.78 is 40.3. The summed E-state index contributed by atoms with van der Waals surface area (Å²) in [5, 5.41) is 8.08. The molecule has 0 bridgehead atoms. The maximum Gasteiger partial charge on any atom is 0.408 e. The van der Waals surface area contributed by atoms with Crippen LogP contribution in [0.15, 0.2) is 6.07 Å². The maximum absolute atomic E-state index is 12.6. The summed E-state index contributed by atoms with van der Waals surface area (Å²) >= 11 is 0. The summed E-state index contributed by atoms with van der Waals surface area (Å²) in [6, 6.07) is 1.81. The first-order valence-electron chi connectivity index (χ1n) is 6.36. The third-order valence-electron chi connectivity index (χ3n) is 3.25. The van der Waals surface area contributed by atoms with Gasteiger partial charge in [0.2, 0.25) is 0 Å². The van der Waals surface area contributed by atoms with Crippen molar-refractivity contribution < 1.29 is 13.2 Å². The summed E-state index contributed by atoms with van der Waals surface area (Å²) in [5.41, 5.74) is 1.48. The fourth-order valence-electron chi connectivity index (χ4n) is 2.28. The third-order valence-corrected chi connectivity index (χ3v) is 3.25. The van der Waals surface area contributed by atoms with E-state index in [-0.39, 0.29) is 5.82 Å². The van der Waals surface area contributed by atoms with E-state index < -0.39 is 12.7 Å². The van der Waals surface area contributed by atoms with Crippen LogP contribution < -0.4 is 0 Å². The molecule has 2 aromatic heterocycles. The molecule has 0 atom stereocenters. The molecule has 5 nitrogen and oxygen atoms in total. The lowest BCUT2D eigenvalue weighted by molar-refractivity contribution is -0.142.